The second-order valence-electron chi connectivity index (χ2n) is 5.03. The molecule has 1 aromatic carbocycles. The monoisotopic (exact) mass is 233 g/mol. The fourth-order valence-corrected chi connectivity index (χ4v) is 2.29. The van der Waals surface area contributed by atoms with Crippen molar-refractivity contribution in [3.63, 3.8) is 0 Å². The summed E-state index contributed by atoms with van der Waals surface area (Å²) < 4.78 is 5.80. The lowest BCUT2D eigenvalue weighted by Gasteiger charge is -2.23. The first-order valence-electron chi connectivity index (χ1n) is 6.69. The van der Waals surface area contributed by atoms with Gasteiger partial charge in [-0.15, -0.1) is 0 Å². The van der Waals surface area contributed by atoms with Crippen LogP contribution in [0.2, 0.25) is 0 Å². The number of aryl methyl sites for hydroxylation is 2. The first kappa shape index (κ1) is 12.4. The molecule has 1 saturated heterocycles. The highest BCUT2D eigenvalue weighted by Crippen LogP contribution is 2.17. The van der Waals surface area contributed by atoms with Gasteiger partial charge in [0, 0.05) is 6.04 Å². The van der Waals surface area contributed by atoms with Crippen molar-refractivity contribution in [2.75, 3.05) is 13.2 Å². The molecule has 0 radical (unpaired) electrons. The molecule has 1 N–H and O–H groups in total. The third-order valence-corrected chi connectivity index (χ3v) is 3.63. The van der Waals surface area contributed by atoms with Crippen LogP contribution in [0.25, 0.3) is 0 Å². The van der Waals surface area contributed by atoms with Gasteiger partial charge in [0.15, 0.2) is 0 Å². The normalized spacial score (nSPS) is 20.2. The summed E-state index contributed by atoms with van der Waals surface area (Å²) in [7, 11) is 0. The summed E-state index contributed by atoms with van der Waals surface area (Å²) in [4.78, 5) is 0. The maximum Gasteiger partial charge on any atom is 0.119 e. The van der Waals surface area contributed by atoms with E-state index in [1.807, 2.05) is 0 Å². The maximum atomic E-state index is 5.80. The Kier molecular flexibility index (Phi) is 4.43. The highest BCUT2D eigenvalue weighted by molar-refractivity contribution is 5.33. The topological polar surface area (TPSA) is 21.3 Å². The minimum Gasteiger partial charge on any atom is -0.494 e. The van der Waals surface area contributed by atoms with E-state index in [4.69, 9.17) is 4.74 Å². The first-order valence-corrected chi connectivity index (χ1v) is 6.69. The standard InChI is InChI=1S/C15H23NO/c1-12-6-7-15(11-13(12)2)17-10-8-14-5-3-4-9-16-14/h6-7,11,14,16H,3-5,8-10H2,1-2H3/t14-/m1/s1. The Morgan fingerprint density at radius 1 is 1.24 bits per heavy atom. The highest BCUT2D eigenvalue weighted by atomic mass is 16.5. The van der Waals surface area contributed by atoms with Gasteiger partial charge in [-0.1, -0.05) is 12.5 Å². The molecule has 0 aromatic heterocycles. The molecule has 1 aliphatic heterocycles. The van der Waals surface area contributed by atoms with Gasteiger partial charge in [-0.05, 0) is 62.9 Å². The molecule has 0 bridgehead atoms. The van der Waals surface area contributed by atoms with Crippen molar-refractivity contribution < 1.29 is 4.74 Å². The van der Waals surface area contributed by atoms with E-state index in [9.17, 15) is 0 Å². The molecular formula is C15H23NO. The summed E-state index contributed by atoms with van der Waals surface area (Å²) in [5.74, 6) is 1.00. The van der Waals surface area contributed by atoms with Crippen LogP contribution < -0.4 is 10.1 Å². The summed E-state index contributed by atoms with van der Waals surface area (Å²) in [5.41, 5.74) is 2.63. The molecule has 0 unspecified atom stereocenters. The van der Waals surface area contributed by atoms with Gasteiger partial charge in [-0.2, -0.15) is 0 Å². The average Bonchev–Trinajstić information content (AvgIpc) is 2.35. The minimum absolute atomic E-state index is 0.662. The molecule has 2 rings (SSSR count). The maximum absolute atomic E-state index is 5.80. The van der Waals surface area contributed by atoms with Crippen molar-refractivity contribution in [3.8, 4) is 5.75 Å². The van der Waals surface area contributed by atoms with E-state index in [0.29, 0.717) is 6.04 Å². The molecule has 1 fully saturated rings. The van der Waals surface area contributed by atoms with E-state index in [1.165, 1.54) is 36.9 Å². The van der Waals surface area contributed by atoms with Crippen LogP contribution in [0.1, 0.15) is 36.8 Å². The average molecular weight is 233 g/mol. The van der Waals surface area contributed by atoms with Crippen LogP contribution in [0, 0.1) is 13.8 Å². The molecule has 1 aromatic rings. The predicted octanol–water partition coefficient (Wildman–Crippen LogP) is 3.21. The smallest absolute Gasteiger partial charge is 0.119 e. The second-order valence-corrected chi connectivity index (χ2v) is 5.03. The van der Waals surface area contributed by atoms with Gasteiger partial charge < -0.3 is 10.1 Å². The fourth-order valence-electron chi connectivity index (χ4n) is 2.29. The van der Waals surface area contributed by atoms with Gasteiger partial charge in [0.2, 0.25) is 0 Å². The van der Waals surface area contributed by atoms with Crippen molar-refractivity contribution >= 4 is 0 Å². The Hall–Kier alpha value is -1.02. The number of piperidine rings is 1. The zero-order valence-electron chi connectivity index (χ0n) is 11.0. The molecule has 2 nitrogen and oxygen atoms in total. The van der Waals surface area contributed by atoms with Crippen LogP contribution in [0.3, 0.4) is 0 Å². The van der Waals surface area contributed by atoms with E-state index in [1.54, 1.807) is 0 Å². The SMILES string of the molecule is Cc1ccc(OCC[C@H]2CCCCN2)cc1C. The van der Waals surface area contributed by atoms with Crippen LogP contribution in [0.5, 0.6) is 5.75 Å². The lowest BCUT2D eigenvalue weighted by molar-refractivity contribution is 0.268. The lowest BCUT2D eigenvalue weighted by Crippen LogP contribution is -2.35. The van der Waals surface area contributed by atoms with Gasteiger partial charge in [-0.3, -0.25) is 0 Å². The van der Waals surface area contributed by atoms with Crippen LogP contribution in [0.4, 0.5) is 0 Å². The zero-order valence-corrected chi connectivity index (χ0v) is 11.0. The van der Waals surface area contributed by atoms with Crippen LogP contribution in [-0.4, -0.2) is 19.2 Å². The van der Waals surface area contributed by atoms with Gasteiger partial charge in [-0.25, -0.2) is 0 Å². The summed E-state index contributed by atoms with van der Waals surface area (Å²) in [5, 5.41) is 3.55. The Labute approximate surface area is 104 Å². The second kappa shape index (κ2) is 6.06. The van der Waals surface area contributed by atoms with Crippen LogP contribution in [0.15, 0.2) is 18.2 Å². The van der Waals surface area contributed by atoms with Crippen LogP contribution >= 0.6 is 0 Å². The van der Waals surface area contributed by atoms with Crippen molar-refractivity contribution in [2.45, 2.75) is 45.6 Å². The van der Waals surface area contributed by atoms with Gasteiger partial charge in [0.25, 0.3) is 0 Å². The molecule has 0 aliphatic carbocycles. The largest absolute Gasteiger partial charge is 0.494 e. The molecule has 2 heteroatoms. The number of hydrogen-bond donors (Lipinski definition) is 1. The molecule has 17 heavy (non-hydrogen) atoms. The summed E-state index contributed by atoms with van der Waals surface area (Å²) in [6.07, 6.45) is 5.11. The van der Waals surface area contributed by atoms with E-state index in [2.05, 4.69) is 37.4 Å². The van der Waals surface area contributed by atoms with E-state index in [0.717, 1.165) is 18.8 Å². The Morgan fingerprint density at radius 2 is 2.12 bits per heavy atom. The summed E-state index contributed by atoms with van der Waals surface area (Å²) in [6.45, 7) is 6.25. The molecule has 0 amide bonds. The van der Waals surface area contributed by atoms with Crippen molar-refractivity contribution in [1.29, 1.82) is 0 Å². The Balaban J connectivity index is 1.75. The van der Waals surface area contributed by atoms with Crippen LogP contribution in [-0.2, 0) is 0 Å². The van der Waals surface area contributed by atoms with Crippen molar-refractivity contribution in [2.24, 2.45) is 0 Å². The highest BCUT2D eigenvalue weighted by Gasteiger charge is 2.11. The Morgan fingerprint density at radius 3 is 2.82 bits per heavy atom. The number of hydrogen-bond acceptors (Lipinski definition) is 2. The number of nitrogens with one attached hydrogen (secondary N) is 1. The van der Waals surface area contributed by atoms with Gasteiger partial charge in [0.1, 0.15) is 5.75 Å². The molecule has 94 valence electrons. The van der Waals surface area contributed by atoms with Crippen molar-refractivity contribution in [3.05, 3.63) is 29.3 Å². The molecule has 0 spiro atoms. The number of rotatable bonds is 4. The number of ether oxygens (including phenoxy) is 1. The zero-order chi connectivity index (χ0) is 12.1. The predicted molar refractivity (Wildman–Crippen MR) is 71.7 cm³/mol. The van der Waals surface area contributed by atoms with Gasteiger partial charge in [0.05, 0.1) is 6.61 Å². The third kappa shape index (κ3) is 3.74. The lowest BCUT2D eigenvalue weighted by atomic mass is 10.0. The molecule has 0 saturated carbocycles. The molecule has 1 heterocycles. The van der Waals surface area contributed by atoms with E-state index < -0.39 is 0 Å². The third-order valence-electron chi connectivity index (χ3n) is 3.63. The summed E-state index contributed by atoms with van der Waals surface area (Å²) in [6, 6.07) is 6.99. The quantitative estimate of drug-likeness (QED) is 0.862. The van der Waals surface area contributed by atoms with E-state index in [-0.39, 0.29) is 0 Å². The molecule has 1 atom stereocenters. The molecule has 1 aliphatic rings. The number of benzene rings is 1. The Bertz CT molecular complexity index is 356. The molecular weight excluding hydrogens is 210 g/mol. The fraction of sp³-hybridized carbons (Fsp3) is 0.600. The van der Waals surface area contributed by atoms with Gasteiger partial charge >= 0.3 is 0 Å². The first-order chi connectivity index (χ1) is 8.25. The van der Waals surface area contributed by atoms with Crippen molar-refractivity contribution in [1.82, 2.24) is 5.32 Å². The minimum atomic E-state index is 0.662. The van der Waals surface area contributed by atoms with E-state index >= 15 is 0 Å². The summed E-state index contributed by atoms with van der Waals surface area (Å²) >= 11 is 0.